The summed E-state index contributed by atoms with van der Waals surface area (Å²) in [5.41, 5.74) is 0.962. The van der Waals surface area contributed by atoms with Gasteiger partial charge in [-0.05, 0) is 48.7 Å². The molecular formula is C23H25F3N2O4. The summed E-state index contributed by atoms with van der Waals surface area (Å²) in [6, 6.07) is 9.14. The average molecular weight is 450 g/mol. The Kier molecular flexibility index (Phi) is 6.74. The number of carbonyl (C=O) groups excluding carboxylic acids is 1. The van der Waals surface area contributed by atoms with Gasteiger partial charge < -0.3 is 24.4 Å². The van der Waals surface area contributed by atoms with Crippen LogP contribution in [0.1, 0.15) is 24.0 Å². The number of benzene rings is 2. The van der Waals surface area contributed by atoms with E-state index in [4.69, 9.17) is 14.2 Å². The molecule has 1 fully saturated rings. The average Bonchev–Trinajstić information content (AvgIpc) is 2.79. The first kappa shape index (κ1) is 22.3. The number of hydrogen-bond acceptors (Lipinski definition) is 5. The highest BCUT2D eigenvalue weighted by molar-refractivity contribution is 5.94. The van der Waals surface area contributed by atoms with E-state index in [0.717, 1.165) is 17.7 Å². The Balaban J connectivity index is 1.40. The monoisotopic (exact) mass is 450 g/mol. The Bertz CT molecular complexity index is 959. The van der Waals surface area contributed by atoms with Crippen molar-refractivity contribution in [2.24, 2.45) is 0 Å². The fourth-order valence-electron chi connectivity index (χ4n) is 3.80. The second kappa shape index (κ2) is 9.68. The standard InChI is InChI=1S/C23H25F3N2O4/c24-23(25,26)17-5-6-19(28-8-10-30-11-9-28)18(15-17)27-22(29)3-1-2-16-4-7-20-21(14-16)32-13-12-31-20/h4-7,14-15H,1-3,8-13H2,(H,27,29). The van der Waals surface area contributed by atoms with E-state index >= 15 is 0 Å². The third kappa shape index (κ3) is 5.45. The predicted octanol–water partition coefficient (Wildman–Crippen LogP) is 4.27. The molecule has 2 aromatic carbocycles. The summed E-state index contributed by atoms with van der Waals surface area (Å²) in [6.45, 7) is 3.11. The van der Waals surface area contributed by atoms with E-state index < -0.39 is 11.7 Å². The molecule has 0 aliphatic carbocycles. The van der Waals surface area contributed by atoms with Crippen molar-refractivity contribution >= 4 is 17.3 Å². The Morgan fingerprint density at radius 1 is 0.969 bits per heavy atom. The van der Waals surface area contributed by atoms with Gasteiger partial charge in [-0.15, -0.1) is 0 Å². The largest absolute Gasteiger partial charge is 0.486 e. The molecule has 1 amide bonds. The number of alkyl halides is 3. The fourth-order valence-corrected chi connectivity index (χ4v) is 3.80. The zero-order chi connectivity index (χ0) is 22.6. The van der Waals surface area contributed by atoms with Crippen molar-refractivity contribution in [1.29, 1.82) is 0 Å². The van der Waals surface area contributed by atoms with Gasteiger partial charge in [0.25, 0.3) is 0 Å². The van der Waals surface area contributed by atoms with E-state index in [0.29, 0.717) is 69.5 Å². The summed E-state index contributed by atoms with van der Waals surface area (Å²) in [4.78, 5) is 14.5. The summed E-state index contributed by atoms with van der Waals surface area (Å²) < 4.78 is 56.1. The number of morpholine rings is 1. The number of amides is 1. The Morgan fingerprint density at radius 2 is 1.72 bits per heavy atom. The summed E-state index contributed by atoms with van der Waals surface area (Å²) in [5, 5.41) is 2.69. The number of rotatable bonds is 6. The number of carbonyl (C=O) groups is 1. The normalized spacial score (nSPS) is 16.0. The second-order valence-electron chi connectivity index (χ2n) is 7.71. The van der Waals surface area contributed by atoms with Gasteiger partial charge in [0.2, 0.25) is 5.91 Å². The maximum Gasteiger partial charge on any atom is 0.416 e. The molecule has 32 heavy (non-hydrogen) atoms. The highest BCUT2D eigenvalue weighted by Crippen LogP contribution is 2.36. The first-order valence-electron chi connectivity index (χ1n) is 10.6. The minimum absolute atomic E-state index is 0.172. The van der Waals surface area contributed by atoms with E-state index in [1.165, 1.54) is 6.07 Å². The maximum atomic E-state index is 13.2. The molecule has 0 saturated carbocycles. The smallest absolute Gasteiger partial charge is 0.416 e. The molecule has 9 heteroatoms. The quantitative estimate of drug-likeness (QED) is 0.712. The lowest BCUT2D eigenvalue weighted by molar-refractivity contribution is -0.137. The maximum absolute atomic E-state index is 13.2. The summed E-state index contributed by atoms with van der Waals surface area (Å²) in [7, 11) is 0. The van der Waals surface area contributed by atoms with E-state index in [1.807, 2.05) is 23.1 Å². The number of nitrogens with zero attached hydrogens (tertiary/aromatic N) is 1. The molecule has 0 spiro atoms. The molecule has 2 aromatic rings. The van der Waals surface area contributed by atoms with Crippen LogP contribution in [0.4, 0.5) is 24.5 Å². The Morgan fingerprint density at radius 3 is 2.47 bits per heavy atom. The first-order chi connectivity index (χ1) is 15.4. The molecule has 0 radical (unpaired) electrons. The van der Waals surface area contributed by atoms with Crippen LogP contribution in [-0.2, 0) is 22.1 Å². The van der Waals surface area contributed by atoms with Crippen molar-refractivity contribution in [3.05, 3.63) is 47.5 Å². The molecule has 1 saturated heterocycles. The van der Waals surface area contributed by atoms with Gasteiger partial charge in [0.15, 0.2) is 11.5 Å². The lowest BCUT2D eigenvalue weighted by atomic mass is 10.1. The van der Waals surface area contributed by atoms with Gasteiger partial charge in [-0.2, -0.15) is 13.2 Å². The van der Waals surface area contributed by atoms with Crippen LogP contribution in [0.5, 0.6) is 11.5 Å². The lowest BCUT2D eigenvalue weighted by Crippen LogP contribution is -2.36. The van der Waals surface area contributed by atoms with Gasteiger partial charge >= 0.3 is 6.18 Å². The van der Waals surface area contributed by atoms with Crippen LogP contribution >= 0.6 is 0 Å². The minimum Gasteiger partial charge on any atom is -0.486 e. The topological polar surface area (TPSA) is 60.0 Å². The Labute approximate surface area is 184 Å². The SMILES string of the molecule is O=C(CCCc1ccc2c(c1)OCCO2)Nc1cc(C(F)(F)F)ccc1N1CCOCC1. The van der Waals surface area contributed by atoms with Gasteiger partial charge in [0, 0.05) is 19.5 Å². The van der Waals surface area contributed by atoms with Crippen molar-refractivity contribution in [2.45, 2.75) is 25.4 Å². The molecule has 0 bridgehead atoms. The van der Waals surface area contributed by atoms with Crippen LogP contribution in [0.15, 0.2) is 36.4 Å². The summed E-state index contributed by atoms with van der Waals surface area (Å²) >= 11 is 0. The molecule has 1 N–H and O–H groups in total. The van der Waals surface area contributed by atoms with E-state index in [-0.39, 0.29) is 18.0 Å². The Hall–Kier alpha value is -2.94. The van der Waals surface area contributed by atoms with Crippen molar-refractivity contribution in [2.75, 3.05) is 49.7 Å². The van der Waals surface area contributed by atoms with Crippen LogP contribution in [0.3, 0.4) is 0 Å². The zero-order valence-electron chi connectivity index (χ0n) is 17.5. The van der Waals surface area contributed by atoms with Crippen molar-refractivity contribution in [3.8, 4) is 11.5 Å². The second-order valence-corrected chi connectivity index (χ2v) is 7.71. The van der Waals surface area contributed by atoms with Gasteiger partial charge in [-0.3, -0.25) is 4.79 Å². The van der Waals surface area contributed by atoms with Gasteiger partial charge in [0.1, 0.15) is 13.2 Å². The molecule has 0 atom stereocenters. The minimum atomic E-state index is -4.48. The highest BCUT2D eigenvalue weighted by Gasteiger charge is 2.32. The van der Waals surface area contributed by atoms with Gasteiger partial charge in [-0.1, -0.05) is 6.07 Å². The number of anilines is 2. The lowest BCUT2D eigenvalue weighted by Gasteiger charge is -2.31. The number of nitrogens with one attached hydrogen (secondary N) is 1. The summed E-state index contributed by atoms with van der Waals surface area (Å²) in [6.07, 6.45) is -3.10. The molecule has 2 heterocycles. The molecule has 2 aliphatic heterocycles. The number of halogens is 3. The molecule has 0 unspecified atom stereocenters. The van der Waals surface area contributed by atoms with Gasteiger partial charge in [0.05, 0.1) is 30.2 Å². The first-order valence-corrected chi connectivity index (χ1v) is 10.6. The number of fused-ring (bicyclic) bond motifs is 1. The molecule has 2 aliphatic rings. The van der Waals surface area contributed by atoms with Crippen LogP contribution in [0.25, 0.3) is 0 Å². The number of ether oxygens (including phenoxy) is 3. The van der Waals surface area contributed by atoms with E-state index in [2.05, 4.69) is 5.32 Å². The molecule has 4 rings (SSSR count). The van der Waals surface area contributed by atoms with Crippen molar-refractivity contribution in [1.82, 2.24) is 0 Å². The van der Waals surface area contributed by atoms with Crippen molar-refractivity contribution < 1.29 is 32.2 Å². The molecule has 172 valence electrons. The molecule has 6 nitrogen and oxygen atoms in total. The van der Waals surface area contributed by atoms with Crippen LogP contribution in [0.2, 0.25) is 0 Å². The number of hydrogen-bond donors (Lipinski definition) is 1. The van der Waals surface area contributed by atoms with Crippen LogP contribution in [-0.4, -0.2) is 45.4 Å². The van der Waals surface area contributed by atoms with Crippen LogP contribution in [0, 0.1) is 0 Å². The predicted molar refractivity (Wildman–Crippen MR) is 113 cm³/mol. The van der Waals surface area contributed by atoms with E-state index in [1.54, 1.807) is 0 Å². The zero-order valence-corrected chi connectivity index (χ0v) is 17.5. The molecular weight excluding hydrogens is 425 g/mol. The van der Waals surface area contributed by atoms with Crippen LogP contribution < -0.4 is 19.7 Å². The number of aryl methyl sites for hydroxylation is 1. The summed E-state index contributed by atoms with van der Waals surface area (Å²) in [5.74, 6) is 1.08. The third-order valence-corrected chi connectivity index (χ3v) is 5.43. The highest BCUT2D eigenvalue weighted by atomic mass is 19.4. The molecule has 0 aromatic heterocycles. The van der Waals surface area contributed by atoms with E-state index in [9.17, 15) is 18.0 Å². The third-order valence-electron chi connectivity index (χ3n) is 5.43. The fraction of sp³-hybridized carbons (Fsp3) is 0.435. The van der Waals surface area contributed by atoms with Crippen molar-refractivity contribution in [3.63, 3.8) is 0 Å². The van der Waals surface area contributed by atoms with Gasteiger partial charge in [-0.25, -0.2) is 0 Å².